The van der Waals surface area contributed by atoms with E-state index in [4.69, 9.17) is 5.11 Å². The number of nitrogens with zero attached hydrogens (tertiary/aromatic N) is 2. The molecule has 0 saturated heterocycles. The lowest BCUT2D eigenvalue weighted by Crippen LogP contribution is -2.27. The number of thiazole rings is 1. The Morgan fingerprint density at radius 2 is 2.33 bits per heavy atom. The highest BCUT2D eigenvalue weighted by molar-refractivity contribution is 7.75. The Balaban J connectivity index is 3.04. The van der Waals surface area contributed by atoms with Gasteiger partial charge in [0.05, 0.1) is 5.51 Å². The summed E-state index contributed by atoms with van der Waals surface area (Å²) >= 11 is 1.12. The van der Waals surface area contributed by atoms with E-state index < -0.39 is 17.0 Å². The number of amides is 1. The number of anilines is 1. The van der Waals surface area contributed by atoms with E-state index in [1.807, 2.05) is 0 Å². The molecule has 1 N–H and O–H groups in total. The molecule has 0 atom stereocenters. The molecule has 1 amide bonds. The van der Waals surface area contributed by atoms with Crippen LogP contribution in [0.15, 0.2) is 10.9 Å². The highest BCUT2D eigenvalue weighted by Gasteiger charge is 2.17. The van der Waals surface area contributed by atoms with Gasteiger partial charge in [0.2, 0.25) is 10.9 Å². The maximum absolute atomic E-state index is 10.4. The van der Waals surface area contributed by atoms with Crippen LogP contribution in [-0.2, 0) is 10.9 Å². The fourth-order valence-corrected chi connectivity index (χ4v) is 1.57. The van der Waals surface area contributed by atoms with Gasteiger partial charge >= 0.3 is 6.09 Å². The number of hydrogen-bond acceptors (Lipinski definition) is 5. The topological polar surface area (TPSA) is 87.6 Å². The van der Waals surface area contributed by atoms with Gasteiger partial charge in [-0.3, -0.25) is 0 Å². The third-order valence-corrected chi connectivity index (χ3v) is 2.26. The molecule has 0 spiro atoms. The van der Waals surface area contributed by atoms with Crippen LogP contribution in [0.1, 0.15) is 0 Å². The van der Waals surface area contributed by atoms with Crippen molar-refractivity contribution in [1.29, 1.82) is 0 Å². The summed E-state index contributed by atoms with van der Waals surface area (Å²) in [6, 6.07) is 0. The molecule has 0 aliphatic rings. The average molecular weight is 208 g/mol. The smallest absolute Gasteiger partial charge is 0.427 e. The lowest BCUT2D eigenvalue weighted by molar-refractivity contribution is 0.206. The zero-order valence-electron chi connectivity index (χ0n) is 5.58. The van der Waals surface area contributed by atoms with Crippen molar-refractivity contribution in [2.45, 2.75) is 0 Å². The molecule has 12 heavy (non-hydrogen) atoms. The predicted octanol–water partition coefficient (Wildman–Crippen LogP) is 0.154. The van der Waals surface area contributed by atoms with Gasteiger partial charge in [-0.15, -0.1) is 11.3 Å². The van der Waals surface area contributed by atoms with Gasteiger partial charge in [-0.2, -0.15) is 4.31 Å². The third-order valence-electron chi connectivity index (χ3n) is 0.981. The van der Waals surface area contributed by atoms with Crippen molar-refractivity contribution in [3.05, 3.63) is 10.9 Å². The number of carboxylic acid groups (broad SMARTS) is 1. The van der Waals surface area contributed by atoms with E-state index in [-0.39, 0.29) is 10.1 Å². The molecule has 0 aliphatic carbocycles. The van der Waals surface area contributed by atoms with Crippen molar-refractivity contribution in [1.82, 2.24) is 4.98 Å². The molecule has 1 aromatic rings. The van der Waals surface area contributed by atoms with Crippen LogP contribution < -0.4 is 4.31 Å². The van der Waals surface area contributed by atoms with E-state index in [1.165, 1.54) is 10.9 Å². The van der Waals surface area contributed by atoms with Gasteiger partial charge in [0, 0.05) is 5.38 Å². The van der Waals surface area contributed by atoms with Crippen molar-refractivity contribution >= 4 is 34.1 Å². The summed E-state index contributed by atoms with van der Waals surface area (Å²) in [6.07, 6.45) is -1.56. The first kappa shape index (κ1) is 8.94. The normalized spacial score (nSPS) is 10.1. The molecule has 0 radical (unpaired) electrons. The second kappa shape index (κ2) is 3.50. The second-order valence-electron chi connectivity index (χ2n) is 1.68. The first-order chi connectivity index (χ1) is 5.63. The van der Waals surface area contributed by atoms with E-state index >= 15 is 0 Å². The van der Waals surface area contributed by atoms with Crippen molar-refractivity contribution in [2.24, 2.45) is 0 Å². The van der Waals surface area contributed by atoms with Gasteiger partial charge in [0.25, 0.3) is 0 Å². The molecule has 1 rings (SSSR count). The Labute approximate surface area is 73.2 Å². The molecule has 66 valence electrons. The lowest BCUT2D eigenvalue weighted by Gasteiger charge is -2.05. The van der Waals surface area contributed by atoms with E-state index in [2.05, 4.69) is 4.98 Å². The lowest BCUT2D eigenvalue weighted by atomic mass is 10.8. The van der Waals surface area contributed by atoms with Crippen molar-refractivity contribution in [3.63, 3.8) is 0 Å². The van der Waals surface area contributed by atoms with Crippen LogP contribution in [0.2, 0.25) is 0 Å². The molecule has 0 bridgehead atoms. The highest BCUT2D eigenvalue weighted by atomic mass is 32.2. The average Bonchev–Trinajstić information content (AvgIpc) is 2.37. The molecule has 8 heteroatoms. The van der Waals surface area contributed by atoms with Crippen molar-refractivity contribution in [2.75, 3.05) is 4.31 Å². The van der Waals surface area contributed by atoms with Crippen LogP contribution in [0.5, 0.6) is 0 Å². The van der Waals surface area contributed by atoms with Crippen LogP contribution >= 0.6 is 11.3 Å². The Morgan fingerprint density at radius 1 is 1.67 bits per heavy atom. The molecule has 0 unspecified atom stereocenters. The second-order valence-corrected chi connectivity index (χ2v) is 3.27. The summed E-state index contributed by atoms with van der Waals surface area (Å²) in [6.45, 7) is 0. The Bertz CT molecular complexity index is 336. The minimum atomic E-state index is -3.18. The first-order valence-electron chi connectivity index (χ1n) is 2.68. The van der Waals surface area contributed by atoms with Crippen LogP contribution in [-0.4, -0.2) is 24.6 Å². The monoisotopic (exact) mass is 208 g/mol. The van der Waals surface area contributed by atoms with E-state index in [0.717, 1.165) is 11.3 Å². The molecule has 0 aliphatic heterocycles. The van der Waals surface area contributed by atoms with E-state index in [1.54, 1.807) is 0 Å². The van der Waals surface area contributed by atoms with Gasteiger partial charge in [-0.05, 0) is 0 Å². The van der Waals surface area contributed by atoms with Gasteiger partial charge in [-0.1, -0.05) is 0 Å². The van der Waals surface area contributed by atoms with Gasteiger partial charge < -0.3 is 5.11 Å². The molecule has 1 heterocycles. The van der Waals surface area contributed by atoms with E-state index in [0.29, 0.717) is 0 Å². The van der Waals surface area contributed by atoms with Crippen LogP contribution in [0.3, 0.4) is 0 Å². The minimum absolute atomic E-state index is 0.0939. The fraction of sp³-hybridized carbons (Fsp3) is 0. The standard InChI is InChI=1S/C4H4N2O4S2/c7-4(8)6(12(9)10)3-1-11-2-5-3/h1-2,12H,(H,7,8). The highest BCUT2D eigenvalue weighted by Crippen LogP contribution is 2.13. The molecular formula is C4H4N2O4S2. The Morgan fingerprint density at radius 3 is 2.67 bits per heavy atom. The molecule has 6 nitrogen and oxygen atoms in total. The maximum atomic E-state index is 10.4. The molecule has 0 aromatic carbocycles. The third kappa shape index (κ3) is 1.71. The number of hydrogen-bond donors (Lipinski definition) is 2. The summed E-state index contributed by atoms with van der Waals surface area (Å²) < 4.78 is 21.0. The Hall–Kier alpha value is -1.15. The summed E-state index contributed by atoms with van der Waals surface area (Å²) in [5.41, 5.74) is 1.35. The van der Waals surface area contributed by atoms with Crippen LogP contribution in [0, 0.1) is 0 Å². The quantitative estimate of drug-likeness (QED) is 0.676. The maximum Gasteiger partial charge on any atom is 0.427 e. The summed E-state index contributed by atoms with van der Waals surface area (Å²) in [7, 11) is -3.18. The number of aromatic nitrogens is 1. The van der Waals surface area contributed by atoms with Gasteiger partial charge in [0.15, 0.2) is 5.82 Å². The number of rotatable bonds is 2. The molecule has 0 fully saturated rings. The van der Waals surface area contributed by atoms with Gasteiger partial charge in [0.1, 0.15) is 0 Å². The predicted molar refractivity (Wildman–Crippen MR) is 42.9 cm³/mol. The zero-order valence-corrected chi connectivity index (χ0v) is 7.29. The van der Waals surface area contributed by atoms with Crippen molar-refractivity contribution in [3.8, 4) is 0 Å². The van der Waals surface area contributed by atoms with Crippen molar-refractivity contribution < 1.29 is 18.3 Å². The van der Waals surface area contributed by atoms with Crippen LogP contribution in [0.4, 0.5) is 10.6 Å². The minimum Gasteiger partial charge on any atom is -0.464 e. The summed E-state index contributed by atoms with van der Waals surface area (Å²) in [5.74, 6) is -0.0939. The number of carbonyl (C=O) groups is 1. The fourth-order valence-electron chi connectivity index (χ4n) is 0.562. The molecule has 1 aromatic heterocycles. The number of thiol groups is 1. The van der Waals surface area contributed by atoms with E-state index in [9.17, 15) is 13.2 Å². The summed E-state index contributed by atoms with van der Waals surface area (Å²) in [5, 5.41) is 9.75. The largest absolute Gasteiger partial charge is 0.464 e. The van der Waals surface area contributed by atoms with Crippen LogP contribution in [0.25, 0.3) is 0 Å². The molecular weight excluding hydrogens is 204 g/mol. The SMILES string of the molecule is O=C(O)N(c1cscn1)[SH](=O)=O. The molecule has 0 saturated carbocycles. The first-order valence-corrected chi connectivity index (χ1v) is 4.76. The summed E-state index contributed by atoms with van der Waals surface area (Å²) in [4.78, 5) is 13.9. The zero-order chi connectivity index (χ0) is 9.14. The Kier molecular flexibility index (Phi) is 2.61. The van der Waals surface area contributed by atoms with Gasteiger partial charge in [-0.25, -0.2) is 18.2 Å².